The van der Waals surface area contributed by atoms with Gasteiger partial charge in [0.1, 0.15) is 0 Å². The zero-order chi connectivity index (χ0) is 9.84. The quantitative estimate of drug-likeness (QED) is 0.495. The molecule has 1 heterocycles. The first-order valence-electron chi connectivity index (χ1n) is 4.78. The van der Waals surface area contributed by atoms with Crippen LogP contribution in [0.15, 0.2) is 0 Å². The number of rotatable bonds is 3. The third kappa shape index (κ3) is 3.74. The highest BCUT2D eigenvalue weighted by atomic mass is 16.5. The second-order valence-electron chi connectivity index (χ2n) is 3.79. The van der Waals surface area contributed by atoms with Crippen molar-refractivity contribution < 1.29 is 4.74 Å². The van der Waals surface area contributed by atoms with E-state index >= 15 is 0 Å². The molecule has 2 atom stereocenters. The Morgan fingerprint density at radius 3 is 2.46 bits per heavy atom. The van der Waals surface area contributed by atoms with Crippen LogP contribution in [-0.4, -0.2) is 42.6 Å². The minimum absolute atomic E-state index is 0.270. The van der Waals surface area contributed by atoms with Crippen LogP contribution in [0.3, 0.4) is 0 Å². The number of nitrogens with one attached hydrogen (secondary N) is 1. The SMILES string of the molecule is C[C@@H]1CN(CCC(=N)N)C[C@@H](C)O1. The fraction of sp³-hybridized carbons (Fsp3) is 0.889. The number of morpholine rings is 1. The number of hydrogen-bond donors (Lipinski definition) is 2. The van der Waals surface area contributed by atoms with E-state index in [1.165, 1.54) is 0 Å². The lowest BCUT2D eigenvalue weighted by Gasteiger charge is -2.35. The van der Waals surface area contributed by atoms with Gasteiger partial charge in [0, 0.05) is 26.1 Å². The Morgan fingerprint density at radius 2 is 2.00 bits per heavy atom. The molecule has 0 radical (unpaired) electrons. The van der Waals surface area contributed by atoms with Crippen molar-refractivity contribution >= 4 is 5.84 Å². The van der Waals surface area contributed by atoms with Crippen LogP contribution in [0, 0.1) is 5.41 Å². The average molecular weight is 185 g/mol. The summed E-state index contributed by atoms with van der Waals surface area (Å²) in [5.74, 6) is 0.270. The second kappa shape index (κ2) is 4.58. The summed E-state index contributed by atoms with van der Waals surface area (Å²) < 4.78 is 5.60. The van der Waals surface area contributed by atoms with Gasteiger partial charge in [0.2, 0.25) is 0 Å². The molecule has 0 bridgehead atoms. The summed E-state index contributed by atoms with van der Waals surface area (Å²) >= 11 is 0. The molecule has 0 spiro atoms. The van der Waals surface area contributed by atoms with Crippen molar-refractivity contribution in [2.24, 2.45) is 5.73 Å². The molecule has 0 aromatic carbocycles. The van der Waals surface area contributed by atoms with Crippen molar-refractivity contribution in [3.8, 4) is 0 Å². The molecule has 0 aromatic heterocycles. The maximum absolute atomic E-state index is 7.13. The van der Waals surface area contributed by atoms with Gasteiger partial charge >= 0.3 is 0 Å². The Bertz CT molecular complexity index is 174. The molecular formula is C9H19N3O. The van der Waals surface area contributed by atoms with Gasteiger partial charge in [0.25, 0.3) is 0 Å². The summed E-state index contributed by atoms with van der Waals surface area (Å²) in [5.41, 5.74) is 5.30. The van der Waals surface area contributed by atoms with Crippen molar-refractivity contribution in [1.29, 1.82) is 5.41 Å². The average Bonchev–Trinajstić information content (AvgIpc) is 1.99. The summed E-state index contributed by atoms with van der Waals surface area (Å²) in [5, 5.41) is 7.13. The highest BCUT2D eigenvalue weighted by Crippen LogP contribution is 2.10. The van der Waals surface area contributed by atoms with Crippen LogP contribution in [0.25, 0.3) is 0 Å². The summed E-state index contributed by atoms with van der Waals surface area (Å²) in [7, 11) is 0. The third-order valence-electron chi connectivity index (χ3n) is 2.19. The summed E-state index contributed by atoms with van der Waals surface area (Å²) in [6.45, 7) is 6.95. The predicted octanol–water partition coefficient (Wildman–Crippen LogP) is 0.422. The van der Waals surface area contributed by atoms with Crippen LogP contribution in [0.2, 0.25) is 0 Å². The molecule has 76 valence electrons. The van der Waals surface area contributed by atoms with Crippen molar-refractivity contribution in [3.05, 3.63) is 0 Å². The van der Waals surface area contributed by atoms with Crippen molar-refractivity contribution in [1.82, 2.24) is 4.90 Å². The number of amidine groups is 1. The van der Waals surface area contributed by atoms with Crippen LogP contribution in [-0.2, 0) is 4.74 Å². The molecule has 3 N–H and O–H groups in total. The summed E-state index contributed by atoms with van der Waals surface area (Å²) in [4.78, 5) is 2.31. The molecule has 0 saturated carbocycles. The van der Waals surface area contributed by atoms with Gasteiger partial charge in [-0.3, -0.25) is 10.3 Å². The van der Waals surface area contributed by atoms with E-state index in [1.54, 1.807) is 0 Å². The smallest absolute Gasteiger partial charge is 0.0918 e. The topological polar surface area (TPSA) is 62.3 Å². The van der Waals surface area contributed by atoms with Crippen LogP contribution in [0.4, 0.5) is 0 Å². The van der Waals surface area contributed by atoms with Gasteiger partial charge in [-0.1, -0.05) is 0 Å². The number of ether oxygens (including phenoxy) is 1. The largest absolute Gasteiger partial charge is 0.388 e. The Morgan fingerprint density at radius 1 is 1.46 bits per heavy atom. The zero-order valence-corrected chi connectivity index (χ0v) is 8.42. The maximum atomic E-state index is 7.13. The monoisotopic (exact) mass is 185 g/mol. The molecule has 1 saturated heterocycles. The second-order valence-corrected chi connectivity index (χ2v) is 3.79. The van der Waals surface area contributed by atoms with Crippen LogP contribution >= 0.6 is 0 Å². The van der Waals surface area contributed by atoms with Gasteiger partial charge in [0.15, 0.2) is 0 Å². The molecule has 13 heavy (non-hydrogen) atoms. The third-order valence-corrected chi connectivity index (χ3v) is 2.19. The van der Waals surface area contributed by atoms with E-state index in [2.05, 4.69) is 18.7 Å². The minimum atomic E-state index is 0.270. The Kier molecular flexibility index (Phi) is 3.69. The van der Waals surface area contributed by atoms with Gasteiger partial charge in [-0.2, -0.15) is 0 Å². The van der Waals surface area contributed by atoms with Crippen molar-refractivity contribution in [2.45, 2.75) is 32.5 Å². The Labute approximate surface area is 79.6 Å². The maximum Gasteiger partial charge on any atom is 0.0918 e. The van der Waals surface area contributed by atoms with E-state index in [4.69, 9.17) is 15.9 Å². The van der Waals surface area contributed by atoms with Crippen molar-refractivity contribution in [2.75, 3.05) is 19.6 Å². The summed E-state index contributed by atoms with van der Waals surface area (Å²) in [6.07, 6.45) is 1.27. The lowest BCUT2D eigenvalue weighted by atomic mass is 10.2. The van der Waals surface area contributed by atoms with E-state index in [0.717, 1.165) is 19.6 Å². The van der Waals surface area contributed by atoms with E-state index in [1.807, 2.05) is 0 Å². The van der Waals surface area contributed by atoms with Gasteiger partial charge < -0.3 is 10.5 Å². The van der Waals surface area contributed by atoms with Gasteiger partial charge in [0.05, 0.1) is 18.0 Å². The minimum Gasteiger partial charge on any atom is -0.388 e. The zero-order valence-electron chi connectivity index (χ0n) is 8.42. The first-order chi connectivity index (χ1) is 6.08. The Hall–Kier alpha value is -0.610. The summed E-state index contributed by atoms with van der Waals surface area (Å²) in [6, 6.07) is 0. The molecule has 0 aromatic rings. The molecule has 0 unspecified atom stereocenters. The van der Waals surface area contributed by atoms with Gasteiger partial charge in [-0.15, -0.1) is 0 Å². The number of nitrogens with two attached hydrogens (primary N) is 1. The molecule has 0 amide bonds. The van der Waals surface area contributed by atoms with E-state index < -0.39 is 0 Å². The van der Waals surface area contributed by atoms with Crippen LogP contribution < -0.4 is 5.73 Å². The molecule has 4 heteroatoms. The first kappa shape index (κ1) is 10.5. The molecule has 4 nitrogen and oxygen atoms in total. The van der Waals surface area contributed by atoms with E-state index in [0.29, 0.717) is 18.6 Å². The van der Waals surface area contributed by atoms with Crippen molar-refractivity contribution in [3.63, 3.8) is 0 Å². The molecule has 1 fully saturated rings. The molecular weight excluding hydrogens is 166 g/mol. The van der Waals surface area contributed by atoms with Gasteiger partial charge in [-0.25, -0.2) is 0 Å². The van der Waals surface area contributed by atoms with Gasteiger partial charge in [-0.05, 0) is 13.8 Å². The highest BCUT2D eigenvalue weighted by molar-refractivity contribution is 5.76. The molecule has 0 aliphatic carbocycles. The van der Waals surface area contributed by atoms with Crippen LogP contribution in [0.5, 0.6) is 0 Å². The van der Waals surface area contributed by atoms with E-state index in [9.17, 15) is 0 Å². The first-order valence-corrected chi connectivity index (χ1v) is 4.78. The highest BCUT2D eigenvalue weighted by Gasteiger charge is 2.21. The number of nitrogens with zero attached hydrogens (tertiary/aromatic N) is 1. The molecule has 1 rings (SSSR count). The molecule has 1 aliphatic heterocycles. The fourth-order valence-electron chi connectivity index (χ4n) is 1.75. The fourth-order valence-corrected chi connectivity index (χ4v) is 1.75. The standard InChI is InChI=1S/C9H19N3O/c1-7-5-12(4-3-9(10)11)6-8(2)13-7/h7-8H,3-6H2,1-2H3,(H3,10,11)/t7-,8-/m1/s1. The lowest BCUT2D eigenvalue weighted by molar-refractivity contribution is -0.0671. The normalized spacial score (nSPS) is 30.3. The van der Waals surface area contributed by atoms with Crippen LogP contribution in [0.1, 0.15) is 20.3 Å². The van der Waals surface area contributed by atoms with E-state index in [-0.39, 0.29) is 5.84 Å². The predicted molar refractivity (Wildman–Crippen MR) is 53.0 cm³/mol. The number of hydrogen-bond acceptors (Lipinski definition) is 3. The Balaban J connectivity index is 2.28. The molecule has 1 aliphatic rings. The lowest BCUT2D eigenvalue weighted by Crippen LogP contribution is -2.46.